The van der Waals surface area contributed by atoms with Crippen molar-refractivity contribution in [3.05, 3.63) is 53.3 Å². The van der Waals surface area contributed by atoms with E-state index in [2.05, 4.69) is 30.2 Å². The Morgan fingerprint density at radius 1 is 1.32 bits per heavy atom. The van der Waals surface area contributed by atoms with E-state index < -0.39 is 5.60 Å². The first-order valence-electron chi connectivity index (χ1n) is 7.08. The largest absolute Gasteiger partial charge is 0.380 e. The predicted molar refractivity (Wildman–Crippen MR) is 74.9 cm³/mol. The molecule has 0 bridgehead atoms. The Morgan fingerprint density at radius 3 is 2.95 bits per heavy atom. The molecule has 3 rings (SSSR count). The minimum atomic E-state index is -0.874. The summed E-state index contributed by atoms with van der Waals surface area (Å²) in [6, 6.07) is 8.26. The zero-order chi connectivity index (χ0) is 13.3. The van der Waals surface area contributed by atoms with Gasteiger partial charge in [0.05, 0.1) is 6.20 Å². The maximum absolute atomic E-state index is 11.2. The molecule has 1 heterocycles. The predicted octanol–water partition coefficient (Wildman–Crippen LogP) is 2.87. The summed E-state index contributed by atoms with van der Waals surface area (Å²) in [7, 11) is 0. The number of aromatic nitrogens is 2. The van der Waals surface area contributed by atoms with Gasteiger partial charge < -0.3 is 5.11 Å². The first-order chi connectivity index (χ1) is 9.24. The lowest BCUT2D eigenvalue weighted by atomic mass is 9.83. The first-order valence-corrected chi connectivity index (χ1v) is 7.08. The van der Waals surface area contributed by atoms with Gasteiger partial charge in [-0.05, 0) is 43.7 Å². The molecule has 0 aliphatic heterocycles. The number of hydrogen-bond acceptors (Lipinski definition) is 2. The molecule has 1 unspecified atom stereocenters. The summed E-state index contributed by atoms with van der Waals surface area (Å²) in [6.45, 7) is 2.89. The summed E-state index contributed by atoms with van der Waals surface area (Å²) >= 11 is 0. The van der Waals surface area contributed by atoms with Crippen LogP contribution < -0.4 is 0 Å². The molecule has 1 aromatic carbocycles. The highest BCUT2D eigenvalue weighted by molar-refractivity contribution is 5.40. The van der Waals surface area contributed by atoms with Crippen LogP contribution in [0.25, 0.3) is 0 Å². The normalized spacial score (nSPS) is 22.8. The second-order valence-electron chi connectivity index (χ2n) is 5.31. The van der Waals surface area contributed by atoms with E-state index in [1.54, 1.807) is 0 Å². The average molecular weight is 256 g/mol. The van der Waals surface area contributed by atoms with Gasteiger partial charge in [0.1, 0.15) is 5.60 Å². The van der Waals surface area contributed by atoms with Crippen molar-refractivity contribution in [3.8, 4) is 0 Å². The molecule has 0 saturated carbocycles. The van der Waals surface area contributed by atoms with Crippen molar-refractivity contribution in [2.75, 3.05) is 0 Å². The third-order valence-corrected chi connectivity index (χ3v) is 4.13. The van der Waals surface area contributed by atoms with Crippen LogP contribution >= 0.6 is 0 Å². The number of fused-ring (bicyclic) bond motifs is 1. The molecule has 3 nitrogen and oxygen atoms in total. The minimum absolute atomic E-state index is 0.777. The molecule has 100 valence electrons. The maximum Gasteiger partial charge on any atom is 0.118 e. The van der Waals surface area contributed by atoms with E-state index in [0.29, 0.717) is 0 Å². The third kappa shape index (κ3) is 2.08. The lowest BCUT2D eigenvalue weighted by molar-refractivity contribution is 0.0703. The molecule has 0 amide bonds. The van der Waals surface area contributed by atoms with Crippen molar-refractivity contribution < 1.29 is 5.11 Å². The molecule has 0 radical (unpaired) electrons. The molecule has 0 fully saturated rings. The Balaban J connectivity index is 2.11. The summed E-state index contributed by atoms with van der Waals surface area (Å²) < 4.78 is 1.88. The highest BCUT2D eigenvalue weighted by atomic mass is 16.3. The van der Waals surface area contributed by atoms with Gasteiger partial charge in [0.15, 0.2) is 0 Å². The van der Waals surface area contributed by atoms with Crippen LogP contribution in [0.5, 0.6) is 0 Å². The molecule has 1 N–H and O–H groups in total. The second kappa shape index (κ2) is 4.82. The molecule has 0 spiro atoms. The zero-order valence-corrected chi connectivity index (χ0v) is 11.3. The Hall–Kier alpha value is -1.61. The van der Waals surface area contributed by atoms with E-state index in [9.17, 15) is 5.11 Å². The quantitative estimate of drug-likeness (QED) is 0.839. The molecule has 3 heteroatoms. The molecule has 1 aromatic heterocycles. The molecular weight excluding hydrogens is 236 g/mol. The van der Waals surface area contributed by atoms with Gasteiger partial charge in [-0.2, -0.15) is 5.10 Å². The van der Waals surface area contributed by atoms with E-state index in [-0.39, 0.29) is 0 Å². The van der Waals surface area contributed by atoms with Gasteiger partial charge in [-0.1, -0.05) is 24.3 Å². The SMILES string of the molecule is CCn1cc(C2(O)CCCCc3ccccc32)cn1. The number of nitrogens with zero attached hydrogens (tertiary/aromatic N) is 2. The molecule has 1 aliphatic carbocycles. The third-order valence-electron chi connectivity index (χ3n) is 4.13. The van der Waals surface area contributed by atoms with Gasteiger partial charge >= 0.3 is 0 Å². The monoisotopic (exact) mass is 256 g/mol. The van der Waals surface area contributed by atoms with Gasteiger partial charge in [0.25, 0.3) is 0 Å². The van der Waals surface area contributed by atoms with Crippen molar-refractivity contribution in [2.45, 2.75) is 44.8 Å². The van der Waals surface area contributed by atoms with Crippen LogP contribution in [0.3, 0.4) is 0 Å². The van der Waals surface area contributed by atoms with Crippen molar-refractivity contribution in [2.24, 2.45) is 0 Å². The van der Waals surface area contributed by atoms with Crippen molar-refractivity contribution in [1.82, 2.24) is 9.78 Å². The Kier molecular flexibility index (Phi) is 3.15. The molecular formula is C16H20N2O. The molecule has 1 atom stereocenters. The lowest BCUT2D eigenvalue weighted by Crippen LogP contribution is -2.27. The maximum atomic E-state index is 11.2. The number of aryl methyl sites for hydroxylation is 2. The van der Waals surface area contributed by atoms with Crippen LogP contribution in [0.1, 0.15) is 42.9 Å². The highest BCUT2D eigenvalue weighted by Gasteiger charge is 2.35. The van der Waals surface area contributed by atoms with E-state index in [4.69, 9.17) is 0 Å². The minimum Gasteiger partial charge on any atom is -0.380 e. The number of aliphatic hydroxyl groups is 1. The van der Waals surface area contributed by atoms with Gasteiger partial charge in [-0.25, -0.2) is 0 Å². The van der Waals surface area contributed by atoms with Crippen LogP contribution in [-0.4, -0.2) is 14.9 Å². The van der Waals surface area contributed by atoms with Gasteiger partial charge in [0.2, 0.25) is 0 Å². The Labute approximate surface area is 113 Å². The van der Waals surface area contributed by atoms with Crippen LogP contribution in [0.15, 0.2) is 36.7 Å². The smallest absolute Gasteiger partial charge is 0.118 e. The summed E-state index contributed by atoms with van der Waals surface area (Å²) in [5.74, 6) is 0. The average Bonchev–Trinajstić information content (AvgIpc) is 2.87. The van der Waals surface area contributed by atoms with Crippen molar-refractivity contribution in [3.63, 3.8) is 0 Å². The summed E-state index contributed by atoms with van der Waals surface area (Å²) in [4.78, 5) is 0. The summed E-state index contributed by atoms with van der Waals surface area (Å²) in [6.07, 6.45) is 7.80. The molecule has 19 heavy (non-hydrogen) atoms. The summed E-state index contributed by atoms with van der Waals surface area (Å²) in [5, 5.41) is 15.5. The topological polar surface area (TPSA) is 38.0 Å². The van der Waals surface area contributed by atoms with Gasteiger partial charge in [-0.3, -0.25) is 4.68 Å². The first kappa shape index (κ1) is 12.4. The molecule has 2 aromatic rings. The van der Waals surface area contributed by atoms with E-state index in [0.717, 1.165) is 43.4 Å². The summed E-state index contributed by atoms with van der Waals surface area (Å²) in [5.41, 5.74) is 2.37. The molecule has 0 saturated heterocycles. The fraction of sp³-hybridized carbons (Fsp3) is 0.438. The second-order valence-corrected chi connectivity index (χ2v) is 5.31. The van der Waals surface area contributed by atoms with E-state index in [1.807, 2.05) is 23.1 Å². The Morgan fingerprint density at radius 2 is 2.16 bits per heavy atom. The number of rotatable bonds is 2. The van der Waals surface area contributed by atoms with Crippen molar-refractivity contribution in [1.29, 1.82) is 0 Å². The van der Waals surface area contributed by atoms with Crippen LogP contribution in [-0.2, 0) is 18.6 Å². The number of benzene rings is 1. The zero-order valence-electron chi connectivity index (χ0n) is 11.3. The standard InChI is InChI=1S/C16H20N2O/c1-2-18-12-14(11-17-18)16(19)10-6-5-8-13-7-3-4-9-15(13)16/h3-4,7,9,11-12,19H,2,5-6,8,10H2,1H3. The van der Waals surface area contributed by atoms with Crippen LogP contribution in [0.4, 0.5) is 0 Å². The van der Waals surface area contributed by atoms with Crippen LogP contribution in [0.2, 0.25) is 0 Å². The van der Waals surface area contributed by atoms with Gasteiger partial charge in [-0.15, -0.1) is 0 Å². The van der Waals surface area contributed by atoms with Crippen LogP contribution in [0, 0.1) is 0 Å². The van der Waals surface area contributed by atoms with Crippen molar-refractivity contribution >= 4 is 0 Å². The van der Waals surface area contributed by atoms with E-state index >= 15 is 0 Å². The lowest BCUT2D eigenvalue weighted by Gasteiger charge is -2.28. The fourth-order valence-corrected chi connectivity index (χ4v) is 3.02. The Bertz CT molecular complexity index is 576. The van der Waals surface area contributed by atoms with Gasteiger partial charge in [0, 0.05) is 18.3 Å². The van der Waals surface area contributed by atoms with E-state index in [1.165, 1.54) is 5.56 Å². The number of hydrogen-bond donors (Lipinski definition) is 1. The fourth-order valence-electron chi connectivity index (χ4n) is 3.02. The molecule has 1 aliphatic rings. The highest BCUT2D eigenvalue weighted by Crippen LogP contribution is 2.39.